The number of aliphatic hydroxyl groups is 1. The highest BCUT2D eigenvalue weighted by molar-refractivity contribution is 5.64. The van der Waals surface area contributed by atoms with Crippen molar-refractivity contribution >= 4 is 6.09 Å². The fourth-order valence-corrected chi connectivity index (χ4v) is 1.86. The number of aliphatic hydroxyl groups excluding tert-OH is 1. The summed E-state index contributed by atoms with van der Waals surface area (Å²) in [5.41, 5.74) is 0. The van der Waals surface area contributed by atoms with Crippen molar-refractivity contribution < 1.29 is 19.7 Å². The van der Waals surface area contributed by atoms with Crippen LogP contribution in [0.1, 0.15) is 32.1 Å². The Balaban J connectivity index is 2.10. The van der Waals surface area contributed by atoms with E-state index in [0.717, 1.165) is 25.7 Å². The molecule has 0 aromatic heterocycles. The number of hydrogen-bond acceptors (Lipinski definition) is 3. The molecular weight excluding hydrogens is 198 g/mol. The molecule has 0 aliphatic heterocycles. The molecule has 0 heterocycles. The van der Waals surface area contributed by atoms with E-state index in [0.29, 0.717) is 13.0 Å². The fourth-order valence-electron chi connectivity index (χ4n) is 1.86. The molecule has 3 N–H and O–H groups in total. The van der Waals surface area contributed by atoms with E-state index in [2.05, 4.69) is 5.32 Å². The van der Waals surface area contributed by atoms with Crippen LogP contribution in [0.2, 0.25) is 0 Å². The highest BCUT2D eigenvalue weighted by atomic mass is 16.5. The molecule has 1 aliphatic rings. The number of amides is 1. The lowest BCUT2D eigenvalue weighted by molar-refractivity contribution is 0.0161. The van der Waals surface area contributed by atoms with Crippen LogP contribution in [0.15, 0.2) is 0 Å². The van der Waals surface area contributed by atoms with Gasteiger partial charge in [-0.1, -0.05) is 0 Å². The van der Waals surface area contributed by atoms with E-state index in [9.17, 15) is 4.79 Å². The highest BCUT2D eigenvalue weighted by Crippen LogP contribution is 2.21. The van der Waals surface area contributed by atoms with Gasteiger partial charge in [0.2, 0.25) is 0 Å². The Kier molecular flexibility index (Phi) is 5.42. The summed E-state index contributed by atoms with van der Waals surface area (Å²) >= 11 is 0. The van der Waals surface area contributed by atoms with Gasteiger partial charge in [-0.3, -0.25) is 0 Å². The van der Waals surface area contributed by atoms with Crippen molar-refractivity contribution in [3.05, 3.63) is 0 Å². The molecular formula is C10H19NO4. The molecule has 1 saturated carbocycles. The zero-order valence-corrected chi connectivity index (χ0v) is 8.82. The van der Waals surface area contributed by atoms with E-state index >= 15 is 0 Å². The molecule has 0 bridgehead atoms. The Morgan fingerprint density at radius 1 is 1.33 bits per heavy atom. The van der Waals surface area contributed by atoms with Crippen molar-refractivity contribution in [2.45, 2.75) is 44.2 Å². The molecule has 0 unspecified atom stereocenters. The molecule has 1 rings (SSSR count). The van der Waals surface area contributed by atoms with Gasteiger partial charge in [0.1, 0.15) is 0 Å². The zero-order valence-electron chi connectivity index (χ0n) is 8.82. The first-order valence-electron chi connectivity index (χ1n) is 5.44. The van der Waals surface area contributed by atoms with Crippen LogP contribution in [0.4, 0.5) is 4.79 Å². The van der Waals surface area contributed by atoms with Crippen LogP contribution in [0.3, 0.4) is 0 Å². The summed E-state index contributed by atoms with van der Waals surface area (Å²) in [6, 6.07) is 0.0835. The van der Waals surface area contributed by atoms with Gasteiger partial charge in [-0.25, -0.2) is 4.79 Å². The van der Waals surface area contributed by atoms with Gasteiger partial charge in [0.25, 0.3) is 0 Å². The third-order valence-electron chi connectivity index (χ3n) is 2.66. The van der Waals surface area contributed by atoms with Crippen LogP contribution < -0.4 is 5.32 Å². The lowest BCUT2D eigenvalue weighted by Crippen LogP contribution is -2.38. The van der Waals surface area contributed by atoms with Gasteiger partial charge >= 0.3 is 6.09 Å². The SMILES string of the molecule is O=C(O)N[C@H]1CC[C@H](OCCCO)CC1. The standard InChI is InChI=1S/C10H19NO4/c12-6-1-7-15-9-4-2-8(3-5-9)11-10(13)14/h8-9,11-12H,1-7H2,(H,13,14)/t8-,9-. The van der Waals surface area contributed by atoms with Gasteiger partial charge in [0.05, 0.1) is 6.10 Å². The van der Waals surface area contributed by atoms with Crippen LogP contribution in [-0.4, -0.2) is 41.7 Å². The molecule has 15 heavy (non-hydrogen) atoms. The number of carbonyl (C=O) groups is 1. The van der Waals surface area contributed by atoms with Gasteiger partial charge < -0.3 is 20.3 Å². The first kappa shape index (κ1) is 12.3. The third-order valence-corrected chi connectivity index (χ3v) is 2.66. The molecule has 0 aromatic rings. The predicted molar refractivity (Wildman–Crippen MR) is 54.9 cm³/mol. The summed E-state index contributed by atoms with van der Waals surface area (Å²) in [5.74, 6) is 0. The van der Waals surface area contributed by atoms with Crippen molar-refractivity contribution in [1.82, 2.24) is 5.32 Å². The Bertz CT molecular complexity index is 190. The van der Waals surface area contributed by atoms with Crippen molar-refractivity contribution in [2.24, 2.45) is 0 Å². The minimum atomic E-state index is -0.945. The van der Waals surface area contributed by atoms with E-state index in [1.54, 1.807) is 0 Å². The zero-order chi connectivity index (χ0) is 11.1. The summed E-state index contributed by atoms with van der Waals surface area (Å²) in [6.45, 7) is 0.758. The lowest BCUT2D eigenvalue weighted by atomic mass is 9.93. The monoisotopic (exact) mass is 217 g/mol. The summed E-state index contributed by atoms with van der Waals surface area (Å²) in [4.78, 5) is 10.4. The number of nitrogens with one attached hydrogen (secondary N) is 1. The molecule has 0 radical (unpaired) electrons. The summed E-state index contributed by atoms with van der Waals surface area (Å²) in [6.07, 6.45) is 3.45. The van der Waals surface area contributed by atoms with Gasteiger partial charge in [0, 0.05) is 19.3 Å². The largest absolute Gasteiger partial charge is 0.465 e. The Hall–Kier alpha value is -0.810. The molecule has 88 valence electrons. The molecule has 5 heteroatoms. The first-order valence-corrected chi connectivity index (χ1v) is 5.44. The van der Waals surface area contributed by atoms with Gasteiger partial charge in [-0.05, 0) is 32.1 Å². The number of hydrogen-bond donors (Lipinski definition) is 3. The predicted octanol–water partition coefficient (Wildman–Crippen LogP) is 0.964. The van der Waals surface area contributed by atoms with Gasteiger partial charge in [-0.2, -0.15) is 0 Å². The topological polar surface area (TPSA) is 78.8 Å². The van der Waals surface area contributed by atoms with Gasteiger partial charge in [0.15, 0.2) is 0 Å². The minimum Gasteiger partial charge on any atom is -0.465 e. The fraction of sp³-hybridized carbons (Fsp3) is 0.900. The molecule has 1 fully saturated rings. The first-order chi connectivity index (χ1) is 7.22. The average Bonchev–Trinajstić information content (AvgIpc) is 2.20. The average molecular weight is 217 g/mol. The Morgan fingerprint density at radius 2 is 2.00 bits per heavy atom. The maximum absolute atomic E-state index is 10.4. The summed E-state index contributed by atoms with van der Waals surface area (Å²) < 4.78 is 5.54. The third kappa shape index (κ3) is 4.99. The van der Waals surface area contributed by atoms with E-state index in [1.165, 1.54) is 0 Å². The maximum Gasteiger partial charge on any atom is 0.404 e. The van der Waals surface area contributed by atoms with E-state index in [-0.39, 0.29) is 18.8 Å². The summed E-state index contributed by atoms with van der Waals surface area (Å²) in [5, 5.41) is 19.6. The van der Waals surface area contributed by atoms with Crippen LogP contribution in [0, 0.1) is 0 Å². The molecule has 5 nitrogen and oxygen atoms in total. The van der Waals surface area contributed by atoms with Crippen LogP contribution >= 0.6 is 0 Å². The maximum atomic E-state index is 10.4. The summed E-state index contributed by atoms with van der Waals surface area (Å²) in [7, 11) is 0. The molecule has 0 spiro atoms. The van der Waals surface area contributed by atoms with Crippen molar-refractivity contribution in [1.29, 1.82) is 0 Å². The lowest BCUT2D eigenvalue weighted by Gasteiger charge is -2.28. The second kappa shape index (κ2) is 6.63. The van der Waals surface area contributed by atoms with E-state index in [1.807, 2.05) is 0 Å². The molecule has 0 atom stereocenters. The molecule has 0 saturated heterocycles. The van der Waals surface area contributed by atoms with E-state index < -0.39 is 6.09 Å². The Labute approximate surface area is 89.4 Å². The quantitative estimate of drug-likeness (QED) is 0.599. The van der Waals surface area contributed by atoms with E-state index in [4.69, 9.17) is 14.9 Å². The highest BCUT2D eigenvalue weighted by Gasteiger charge is 2.22. The second-order valence-corrected chi connectivity index (χ2v) is 3.87. The number of ether oxygens (including phenoxy) is 1. The van der Waals surface area contributed by atoms with Crippen LogP contribution in [-0.2, 0) is 4.74 Å². The van der Waals surface area contributed by atoms with Crippen LogP contribution in [0.25, 0.3) is 0 Å². The Morgan fingerprint density at radius 3 is 2.53 bits per heavy atom. The normalized spacial score (nSPS) is 26.2. The smallest absolute Gasteiger partial charge is 0.404 e. The van der Waals surface area contributed by atoms with Crippen molar-refractivity contribution in [3.63, 3.8) is 0 Å². The van der Waals surface area contributed by atoms with Gasteiger partial charge in [-0.15, -0.1) is 0 Å². The molecule has 1 aliphatic carbocycles. The van der Waals surface area contributed by atoms with Crippen molar-refractivity contribution in [3.8, 4) is 0 Å². The van der Waals surface area contributed by atoms with Crippen molar-refractivity contribution in [2.75, 3.05) is 13.2 Å². The molecule has 0 aromatic carbocycles. The second-order valence-electron chi connectivity index (χ2n) is 3.87. The number of carboxylic acid groups (broad SMARTS) is 1. The van der Waals surface area contributed by atoms with Crippen LogP contribution in [0.5, 0.6) is 0 Å². The molecule has 1 amide bonds. The minimum absolute atomic E-state index is 0.0835. The number of rotatable bonds is 5.